The Morgan fingerprint density at radius 1 is 1.31 bits per heavy atom. The lowest BCUT2D eigenvalue weighted by Crippen LogP contribution is -3.00. The van der Waals surface area contributed by atoms with Crippen LogP contribution in [-0.4, -0.2) is 18.9 Å². The summed E-state index contributed by atoms with van der Waals surface area (Å²) in [5, 5.41) is 0. The fraction of sp³-hybridized carbons (Fsp3) is 0.417. The Morgan fingerprint density at radius 3 is 2.44 bits per heavy atom. The minimum absolute atomic E-state index is 0. The summed E-state index contributed by atoms with van der Waals surface area (Å²) in [5.41, 5.74) is 4.27. The number of quaternary nitrogens is 1. The number of hydrogen-bond acceptors (Lipinski definition) is 2. The van der Waals surface area contributed by atoms with Gasteiger partial charge in [-0.3, -0.25) is 4.79 Å². The second-order valence-corrected chi connectivity index (χ2v) is 3.40. The maximum Gasteiger partial charge on any atom is 0.216 e. The monoisotopic (exact) mass is 243 g/mol. The molecule has 0 aliphatic heterocycles. The molecule has 0 heterocycles. The smallest absolute Gasteiger partial charge is 0.216 e. The molecule has 1 aromatic rings. The van der Waals surface area contributed by atoms with Gasteiger partial charge in [0.2, 0.25) is 5.78 Å². The molecule has 0 saturated carbocycles. The summed E-state index contributed by atoms with van der Waals surface area (Å²) in [4.78, 5) is 11.3. The Morgan fingerprint density at radius 2 is 1.94 bits per heavy atom. The van der Waals surface area contributed by atoms with Gasteiger partial charge in [0.05, 0.1) is 6.61 Å². The van der Waals surface area contributed by atoms with E-state index in [1.165, 1.54) is 0 Å². The van der Waals surface area contributed by atoms with Crippen LogP contribution in [-0.2, 0) is 0 Å². The Hall–Kier alpha value is -1.06. The van der Waals surface area contributed by atoms with Crippen LogP contribution in [0.15, 0.2) is 24.3 Å². The van der Waals surface area contributed by atoms with Crippen molar-refractivity contribution in [3.05, 3.63) is 29.8 Å². The molecule has 4 heteroatoms. The molecule has 0 aliphatic rings. The minimum atomic E-state index is 0. The summed E-state index contributed by atoms with van der Waals surface area (Å²) in [5.74, 6) is 0.888. The Labute approximate surface area is 102 Å². The Bertz CT molecular complexity index is 311. The van der Waals surface area contributed by atoms with Crippen LogP contribution < -0.4 is 22.9 Å². The van der Waals surface area contributed by atoms with E-state index >= 15 is 0 Å². The minimum Gasteiger partial charge on any atom is -1.00 e. The van der Waals surface area contributed by atoms with Crippen molar-refractivity contribution in [2.24, 2.45) is 0 Å². The SMILES string of the molecule is CCCCOc1ccc(C(=O)C[NH3+])cc1.[Cl-]. The van der Waals surface area contributed by atoms with E-state index < -0.39 is 0 Å². The van der Waals surface area contributed by atoms with E-state index in [-0.39, 0.29) is 18.2 Å². The predicted molar refractivity (Wildman–Crippen MR) is 58.9 cm³/mol. The third-order valence-corrected chi connectivity index (χ3v) is 2.17. The highest BCUT2D eigenvalue weighted by Gasteiger charge is 2.04. The van der Waals surface area contributed by atoms with Crippen molar-refractivity contribution in [2.75, 3.05) is 13.2 Å². The molecule has 1 rings (SSSR count). The molecule has 0 aromatic heterocycles. The van der Waals surface area contributed by atoms with E-state index in [4.69, 9.17) is 4.74 Å². The maximum absolute atomic E-state index is 11.3. The van der Waals surface area contributed by atoms with Crippen LogP contribution in [0.25, 0.3) is 0 Å². The number of unbranched alkanes of at least 4 members (excludes halogenated alkanes) is 1. The van der Waals surface area contributed by atoms with Gasteiger partial charge < -0.3 is 22.9 Å². The van der Waals surface area contributed by atoms with Gasteiger partial charge in [0.15, 0.2) is 0 Å². The standard InChI is InChI=1S/C12H17NO2.ClH/c1-2-3-8-15-11-6-4-10(5-7-11)12(14)9-13;/h4-7H,2-3,8-9,13H2,1H3;1H. The zero-order valence-corrected chi connectivity index (χ0v) is 10.3. The maximum atomic E-state index is 11.3. The van der Waals surface area contributed by atoms with Crippen molar-refractivity contribution in [1.29, 1.82) is 0 Å². The molecule has 3 nitrogen and oxygen atoms in total. The number of halogens is 1. The number of rotatable bonds is 6. The number of ether oxygens (including phenoxy) is 1. The van der Waals surface area contributed by atoms with E-state index in [1.807, 2.05) is 12.1 Å². The van der Waals surface area contributed by atoms with Gasteiger partial charge in [-0.2, -0.15) is 0 Å². The van der Waals surface area contributed by atoms with Gasteiger partial charge in [-0.1, -0.05) is 13.3 Å². The fourth-order valence-electron chi connectivity index (χ4n) is 1.22. The molecule has 90 valence electrons. The number of hydrogen-bond donors (Lipinski definition) is 1. The summed E-state index contributed by atoms with van der Waals surface area (Å²) >= 11 is 0. The molecule has 0 bridgehead atoms. The average Bonchev–Trinajstić information content (AvgIpc) is 2.29. The normalized spacial score (nSPS) is 9.38. The molecule has 1 aromatic carbocycles. The first-order chi connectivity index (χ1) is 7.27. The predicted octanol–water partition coefficient (Wildman–Crippen LogP) is -1.71. The highest BCUT2D eigenvalue weighted by atomic mass is 35.5. The fourth-order valence-corrected chi connectivity index (χ4v) is 1.22. The van der Waals surface area contributed by atoms with E-state index in [0.29, 0.717) is 12.1 Å². The molecular weight excluding hydrogens is 226 g/mol. The summed E-state index contributed by atoms with van der Waals surface area (Å²) in [6.45, 7) is 3.16. The molecule has 0 radical (unpaired) electrons. The van der Waals surface area contributed by atoms with Crippen molar-refractivity contribution in [2.45, 2.75) is 19.8 Å². The van der Waals surface area contributed by atoms with E-state index in [9.17, 15) is 4.79 Å². The molecule has 0 spiro atoms. The van der Waals surface area contributed by atoms with Gasteiger partial charge in [0, 0.05) is 5.56 Å². The quantitative estimate of drug-likeness (QED) is 0.478. The summed E-state index contributed by atoms with van der Waals surface area (Å²) in [6.07, 6.45) is 2.18. The number of carbonyl (C=O) groups excluding carboxylic acids is 1. The second-order valence-electron chi connectivity index (χ2n) is 3.40. The first kappa shape index (κ1) is 14.9. The van der Waals surface area contributed by atoms with Crippen LogP contribution in [0.2, 0.25) is 0 Å². The van der Waals surface area contributed by atoms with Crippen LogP contribution in [0.3, 0.4) is 0 Å². The van der Waals surface area contributed by atoms with Crippen molar-refractivity contribution in [3.8, 4) is 5.75 Å². The first-order valence-electron chi connectivity index (χ1n) is 5.33. The van der Waals surface area contributed by atoms with Crippen LogP contribution in [0.1, 0.15) is 30.1 Å². The van der Waals surface area contributed by atoms with E-state index in [2.05, 4.69) is 12.7 Å². The van der Waals surface area contributed by atoms with Gasteiger partial charge in [-0.05, 0) is 30.7 Å². The first-order valence-corrected chi connectivity index (χ1v) is 5.33. The lowest BCUT2D eigenvalue weighted by atomic mass is 10.1. The van der Waals surface area contributed by atoms with Crippen molar-refractivity contribution >= 4 is 5.78 Å². The molecule has 16 heavy (non-hydrogen) atoms. The molecule has 0 amide bonds. The van der Waals surface area contributed by atoms with Crippen LogP contribution >= 0.6 is 0 Å². The van der Waals surface area contributed by atoms with Crippen molar-refractivity contribution < 1.29 is 27.7 Å². The number of Topliss-reactive ketones (excluding diaryl/α,β-unsaturated/α-hetero) is 1. The molecule has 3 N–H and O–H groups in total. The van der Waals surface area contributed by atoms with Gasteiger partial charge in [-0.15, -0.1) is 0 Å². The van der Waals surface area contributed by atoms with Crippen LogP contribution in [0.4, 0.5) is 0 Å². The highest BCUT2D eigenvalue weighted by molar-refractivity contribution is 5.96. The molecule has 0 atom stereocenters. The van der Waals surface area contributed by atoms with Gasteiger partial charge in [-0.25, -0.2) is 0 Å². The zero-order valence-electron chi connectivity index (χ0n) is 9.54. The van der Waals surface area contributed by atoms with E-state index in [1.54, 1.807) is 12.1 Å². The summed E-state index contributed by atoms with van der Waals surface area (Å²) in [6, 6.07) is 7.24. The number of ketones is 1. The van der Waals surface area contributed by atoms with Gasteiger partial charge in [0.25, 0.3) is 0 Å². The van der Waals surface area contributed by atoms with Gasteiger partial charge in [0.1, 0.15) is 12.3 Å². The topological polar surface area (TPSA) is 53.9 Å². The third-order valence-electron chi connectivity index (χ3n) is 2.17. The van der Waals surface area contributed by atoms with Crippen molar-refractivity contribution in [3.63, 3.8) is 0 Å². The number of benzene rings is 1. The molecule has 0 saturated heterocycles. The van der Waals surface area contributed by atoms with Gasteiger partial charge >= 0.3 is 0 Å². The zero-order chi connectivity index (χ0) is 11.1. The third kappa shape index (κ3) is 4.64. The van der Waals surface area contributed by atoms with E-state index in [0.717, 1.165) is 25.2 Å². The Balaban J connectivity index is 0.00000225. The lowest BCUT2D eigenvalue weighted by Gasteiger charge is -2.05. The summed E-state index contributed by atoms with van der Waals surface area (Å²) < 4.78 is 5.49. The molecule has 0 unspecified atom stereocenters. The lowest BCUT2D eigenvalue weighted by molar-refractivity contribution is -0.349. The Kier molecular flexibility index (Phi) is 7.60. The summed E-state index contributed by atoms with van der Waals surface area (Å²) in [7, 11) is 0. The average molecular weight is 244 g/mol. The van der Waals surface area contributed by atoms with Crippen molar-refractivity contribution in [1.82, 2.24) is 0 Å². The molecule has 0 fully saturated rings. The molecular formula is C12H18ClNO2. The second kappa shape index (κ2) is 8.13. The molecule has 0 aliphatic carbocycles. The van der Waals surface area contributed by atoms with Crippen LogP contribution in [0.5, 0.6) is 5.75 Å². The number of carbonyl (C=O) groups is 1. The van der Waals surface area contributed by atoms with Crippen LogP contribution in [0, 0.1) is 0 Å². The highest BCUT2D eigenvalue weighted by Crippen LogP contribution is 2.12. The largest absolute Gasteiger partial charge is 1.00 e.